The third-order valence-corrected chi connectivity index (χ3v) is 2.68. The summed E-state index contributed by atoms with van der Waals surface area (Å²) in [7, 11) is 3.62. The number of hydrogen-bond acceptors (Lipinski definition) is 3. The Kier molecular flexibility index (Phi) is 5.94. The van der Waals surface area contributed by atoms with Crippen molar-refractivity contribution in [1.29, 1.82) is 0 Å². The lowest BCUT2D eigenvalue weighted by Crippen LogP contribution is -2.20. The van der Waals surface area contributed by atoms with Crippen LogP contribution in [-0.4, -0.2) is 32.1 Å². The van der Waals surface area contributed by atoms with Gasteiger partial charge < -0.3 is 15.4 Å². The van der Waals surface area contributed by atoms with Gasteiger partial charge in [0, 0.05) is 12.1 Å². The molecule has 2 N–H and O–H groups in total. The minimum atomic E-state index is -0.226. The van der Waals surface area contributed by atoms with E-state index in [1.807, 2.05) is 7.05 Å². The summed E-state index contributed by atoms with van der Waals surface area (Å²) in [6.07, 6.45) is 2.08. The first-order valence-corrected chi connectivity index (χ1v) is 5.88. The van der Waals surface area contributed by atoms with Gasteiger partial charge in [-0.25, -0.2) is 4.39 Å². The summed E-state index contributed by atoms with van der Waals surface area (Å²) in [5.74, 6) is 0.508. The molecule has 0 unspecified atom stereocenters. The molecule has 0 spiro atoms. The van der Waals surface area contributed by atoms with Crippen molar-refractivity contribution in [3.8, 4) is 5.75 Å². The van der Waals surface area contributed by atoms with Gasteiger partial charge in [-0.1, -0.05) is 0 Å². The van der Waals surface area contributed by atoms with E-state index in [9.17, 15) is 4.39 Å². The number of unbranched alkanes of at least 4 members (excludes halogenated alkanes) is 1. The molecular formula is C13H21FN2O. The molecule has 0 saturated carbocycles. The highest BCUT2D eigenvalue weighted by Gasteiger charge is 2.07. The zero-order chi connectivity index (χ0) is 12.7. The third-order valence-electron chi connectivity index (χ3n) is 2.68. The van der Waals surface area contributed by atoms with Crippen LogP contribution < -0.4 is 10.5 Å². The maximum Gasteiger partial charge on any atom is 0.123 e. The third kappa shape index (κ3) is 4.71. The molecule has 96 valence electrons. The summed E-state index contributed by atoms with van der Waals surface area (Å²) in [6.45, 7) is 2.36. The summed E-state index contributed by atoms with van der Waals surface area (Å²) in [4.78, 5) is 2.15. The topological polar surface area (TPSA) is 38.5 Å². The number of rotatable bonds is 7. The van der Waals surface area contributed by atoms with Crippen LogP contribution in [0.25, 0.3) is 0 Å². The lowest BCUT2D eigenvalue weighted by molar-refractivity contribution is 0.310. The van der Waals surface area contributed by atoms with Crippen LogP contribution in [0.1, 0.15) is 18.4 Å². The normalized spacial score (nSPS) is 10.9. The van der Waals surface area contributed by atoms with Gasteiger partial charge in [0.25, 0.3) is 0 Å². The molecule has 0 saturated heterocycles. The molecule has 1 rings (SSSR count). The molecule has 0 aromatic heterocycles. The van der Waals surface area contributed by atoms with Crippen molar-refractivity contribution in [2.24, 2.45) is 5.73 Å². The molecule has 0 aliphatic heterocycles. The monoisotopic (exact) mass is 240 g/mol. The predicted molar refractivity (Wildman–Crippen MR) is 67.6 cm³/mol. The van der Waals surface area contributed by atoms with Crippen LogP contribution in [-0.2, 0) is 6.54 Å². The molecule has 3 nitrogen and oxygen atoms in total. The van der Waals surface area contributed by atoms with Gasteiger partial charge in [-0.3, -0.25) is 0 Å². The number of methoxy groups -OCH3 is 1. The Morgan fingerprint density at radius 1 is 1.35 bits per heavy atom. The number of ether oxygens (including phenoxy) is 1. The highest BCUT2D eigenvalue weighted by molar-refractivity contribution is 5.33. The highest BCUT2D eigenvalue weighted by atomic mass is 19.1. The molecule has 0 heterocycles. The smallest absolute Gasteiger partial charge is 0.123 e. The zero-order valence-corrected chi connectivity index (χ0v) is 10.6. The van der Waals surface area contributed by atoms with Crippen molar-refractivity contribution in [2.75, 3.05) is 27.2 Å². The van der Waals surface area contributed by atoms with Crippen LogP contribution in [0.2, 0.25) is 0 Å². The van der Waals surface area contributed by atoms with Crippen LogP contribution in [0.15, 0.2) is 18.2 Å². The highest BCUT2D eigenvalue weighted by Crippen LogP contribution is 2.20. The molecule has 0 aliphatic rings. The predicted octanol–water partition coefficient (Wildman–Crippen LogP) is 2.00. The van der Waals surface area contributed by atoms with Crippen molar-refractivity contribution < 1.29 is 9.13 Å². The van der Waals surface area contributed by atoms with Gasteiger partial charge in [0.2, 0.25) is 0 Å². The first kappa shape index (κ1) is 13.9. The van der Waals surface area contributed by atoms with Gasteiger partial charge in [0.15, 0.2) is 0 Å². The van der Waals surface area contributed by atoms with E-state index < -0.39 is 0 Å². The number of nitrogens with zero attached hydrogens (tertiary/aromatic N) is 1. The Morgan fingerprint density at radius 3 is 2.76 bits per heavy atom. The second-order valence-electron chi connectivity index (χ2n) is 4.19. The Balaban J connectivity index is 2.57. The number of benzene rings is 1. The van der Waals surface area contributed by atoms with Crippen molar-refractivity contribution in [1.82, 2.24) is 4.90 Å². The Bertz CT molecular complexity index is 344. The first-order valence-electron chi connectivity index (χ1n) is 5.88. The van der Waals surface area contributed by atoms with Gasteiger partial charge >= 0.3 is 0 Å². The van der Waals surface area contributed by atoms with E-state index in [1.54, 1.807) is 13.2 Å². The molecule has 0 aliphatic carbocycles. The first-order chi connectivity index (χ1) is 8.17. The van der Waals surface area contributed by atoms with Crippen molar-refractivity contribution >= 4 is 0 Å². The van der Waals surface area contributed by atoms with Crippen LogP contribution in [0.3, 0.4) is 0 Å². The molecule has 0 atom stereocenters. The molecule has 0 amide bonds. The fraction of sp³-hybridized carbons (Fsp3) is 0.538. The second kappa shape index (κ2) is 7.25. The Hall–Kier alpha value is -1.13. The molecule has 1 aromatic rings. The quantitative estimate of drug-likeness (QED) is 0.741. The van der Waals surface area contributed by atoms with E-state index in [-0.39, 0.29) is 5.82 Å². The fourth-order valence-corrected chi connectivity index (χ4v) is 1.77. The van der Waals surface area contributed by atoms with Crippen LogP contribution in [0.4, 0.5) is 4.39 Å². The average molecular weight is 240 g/mol. The molecular weight excluding hydrogens is 219 g/mol. The Labute approximate surface area is 102 Å². The van der Waals surface area contributed by atoms with Crippen LogP contribution >= 0.6 is 0 Å². The fourth-order valence-electron chi connectivity index (χ4n) is 1.77. The number of halogens is 1. The van der Waals surface area contributed by atoms with Crippen LogP contribution in [0, 0.1) is 5.82 Å². The molecule has 17 heavy (non-hydrogen) atoms. The van der Waals surface area contributed by atoms with E-state index >= 15 is 0 Å². The minimum absolute atomic E-state index is 0.226. The maximum atomic E-state index is 13.1. The van der Waals surface area contributed by atoms with Gasteiger partial charge in [0.1, 0.15) is 11.6 Å². The lowest BCUT2D eigenvalue weighted by atomic mass is 10.1. The lowest BCUT2D eigenvalue weighted by Gasteiger charge is -2.18. The summed E-state index contributed by atoms with van der Waals surface area (Å²) >= 11 is 0. The summed E-state index contributed by atoms with van der Waals surface area (Å²) in [6, 6.07) is 4.60. The second-order valence-corrected chi connectivity index (χ2v) is 4.19. The van der Waals surface area contributed by atoms with Crippen LogP contribution in [0.5, 0.6) is 5.75 Å². The van der Waals surface area contributed by atoms with Gasteiger partial charge in [-0.15, -0.1) is 0 Å². The minimum Gasteiger partial charge on any atom is -0.496 e. The maximum absolute atomic E-state index is 13.1. The van der Waals surface area contributed by atoms with E-state index in [1.165, 1.54) is 12.1 Å². The molecule has 1 aromatic carbocycles. The van der Waals surface area contributed by atoms with Crippen molar-refractivity contribution in [2.45, 2.75) is 19.4 Å². The SMILES string of the molecule is COc1ccc(F)cc1CN(C)CCCCN. The average Bonchev–Trinajstić information content (AvgIpc) is 2.29. The molecule has 0 bridgehead atoms. The summed E-state index contributed by atoms with van der Waals surface area (Å²) < 4.78 is 18.4. The zero-order valence-electron chi connectivity index (χ0n) is 10.6. The van der Waals surface area contributed by atoms with Gasteiger partial charge in [-0.2, -0.15) is 0 Å². The van der Waals surface area contributed by atoms with Crippen molar-refractivity contribution in [3.63, 3.8) is 0 Å². The van der Waals surface area contributed by atoms with Gasteiger partial charge in [0.05, 0.1) is 7.11 Å². The standard InChI is InChI=1S/C13H21FN2O/c1-16(8-4-3-7-15)10-11-9-12(14)5-6-13(11)17-2/h5-6,9H,3-4,7-8,10,15H2,1-2H3. The van der Waals surface area contributed by atoms with E-state index in [4.69, 9.17) is 10.5 Å². The number of nitrogens with two attached hydrogens (primary N) is 1. The van der Waals surface area contributed by atoms with E-state index in [2.05, 4.69) is 4.90 Å². The van der Waals surface area contributed by atoms with E-state index in [0.29, 0.717) is 6.54 Å². The van der Waals surface area contributed by atoms with Gasteiger partial charge in [-0.05, 0) is 51.2 Å². The summed E-state index contributed by atoms with van der Waals surface area (Å²) in [5.41, 5.74) is 6.32. The summed E-state index contributed by atoms with van der Waals surface area (Å²) in [5, 5.41) is 0. The Morgan fingerprint density at radius 2 is 2.12 bits per heavy atom. The molecule has 0 fully saturated rings. The van der Waals surface area contributed by atoms with Crippen molar-refractivity contribution in [3.05, 3.63) is 29.6 Å². The number of hydrogen-bond donors (Lipinski definition) is 1. The molecule has 0 radical (unpaired) electrons. The molecule has 4 heteroatoms. The van der Waals surface area contributed by atoms with E-state index in [0.717, 1.165) is 37.2 Å². The largest absolute Gasteiger partial charge is 0.496 e.